The standard InChI is InChI=1S/C26H30N2O7/c1-16-14-18(33-2)5-6-19(16)24(30)22-23(17-4-7-20(29)21(15-17)34-3)28(26(32)25(22)31)9-8-27-10-12-35-13-11-27/h4-7,14-15,22-23,29H,8-13H2,1-3H3. The number of aryl methyl sites for hydroxylation is 1. The molecule has 2 heterocycles. The predicted octanol–water partition coefficient (Wildman–Crippen LogP) is 2.00. The summed E-state index contributed by atoms with van der Waals surface area (Å²) >= 11 is 0. The summed E-state index contributed by atoms with van der Waals surface area (Å²) in [6.07, 6.45) is 0. The van der Waals surface area contributed by atoms with Gasteiger partial charge in [-0.2, -0.15) is 0 Å². The lowest BCUT2D eigenvalue weighted by molar-refractivity contribution is -0.141. The van der Waals surface area contributed by atoms with E-state index < -0.39 is 29.4 Å². The number of hydrogen-bond acceptors (Lipinski definition) is 8. The quantitative estimate of drug-likeness (QED) is 0.346. The molecular weight excluding hydrogens is 452 g/mol. The van der Waals surface area contributed by atoms with Crippen molar-refractivity contribution >= 4 is 17.5 Å². The first kappa shape index (κ1) is 24.7. The first-order valence-electron chi connectivity index (χ1n) is 11.6. The van der Waals surface area contributed by atoms with Crippen molar-refractivity contribution < 1.29 is 33.7 Å². The molecule has 2 fully saturated rings. The molecule has 0 spiro atoms. The Kier molecular flexibility index (Phi) is 7.37. The van der Waals surface area contributed by atoms with E-state index in [-0.39, 0.29) is 18.0 Å². The van der Waals surface area contributed by atoms with Crippen LogP contribution in [0.3, 0.4) is 0 Å². The molecule has 1 N–H and O–H groups in total. The van der Waals surface area contributed by atoms with Crippen molar-refractivity contribution in [3.05, 3.63) is 53.1 Å². The van der Waals surface area contributed by atoms with Crippen LogP contribution >= 0.6 is 0 Å². The summed E-state index contributed by atoms with van der Waals surface area (Å²) in [6.45, 7) is 5.31. The molecule has 0 saturated carbocycles. The van der Waals surface area contributed by atoms with Gasteiger partial charge in [0.15, 0.2) is 17.3 Å². The van der Waals surface area contributed by atoms with Gasteiger partial charge in [0.05, 0.1) is 33.5 Å². The Balaban J connectivity index is 1.72. The molecule has 2 aliphatic rings. The second-order valence-corrected chi connectivity index (χ2v) is 8.72. The van der Waals surface area contributed by atoms with Gasteiger partial charge in [0.2, 0.25) is 5.78 Å². The highest BCUT2D eigenvalue weighted by Gasteiger charge is 2.51. The molecule has 2 aliphatic heterocycles. The van der Waals surface area contributed by atoms with E-state index in [1.807, 2.05) is 0 Å². The van der Waals surface area contributed by atoms with Gasteiger partial charge in [0, 0.05) is 31.7 Å². The number of hydrogen-bond donors (Lipinski definition) is 1. The number of methoxy groups -OCH3 is 2. The molecule has 0 radical (unpaired) electrons. The fourth-order valence-corrected chi connectivity index (χ4v) is 4.76. The Bertz CT molecular complexity index is 1130. The van der Waals surface area contributed by atoms with E-state index in [1.165, 1.54) is 25.2 Å². The zero-order chi connectivity index (χ0) is 25.1. The van der Waals surface area contributed by atoms with Crippen LogP contribution in [0.15, 0.2) is 36.4 Å². The van der Waals surface area contributed by atoms with Gasteiger partial charge in [-0.1, -0.05) is 6.07 Å². The van der Waals surface area contributed by atoms with Gasteiger partial charge in [0.1, 0.15) is 11.7 Å². The first-order chi connectivity index (χ1) is 16.8. The van der Waals surface area contributed by atoms with Gasteiger partial charge < -0.3 is 24.2 Å². The molecule has 2 aromatic carbocycles. The number of benzene rings is 2. The Morgan fingerprint density at radius 2 is 1.80 bits per heavy atom. The number of aromatic hydroxyl groups is 1. The van der Waals surface area contributed by atoms with Gasteiger partial charge in [0.25, 0.3) is 5.91 Å². The number of amides is 1. The average molecular weight is 483 g/mol. The van der Waals surface area contributed by atoms with Gasteiger partial charge in [-0.15, -0.1) is 0 Å². The van der Waals surface area contributed by atoms with Crippen LogP contribution in [0.1, 0.15) is 27.5 Å². The number of phenols is 1. The number of carbonyl (C=O) groups excluding carboxylic acids is 3. The fourth-order valence-electron chi connectivity index (χ4n) is 4.76. The first-order valence-corrected chi connectivity index (χ1v) is 11.6. The van der Waals surface area contributed by atoms with Crippen molar-refractivity contribution in [2.24, 2.45) is 5.92 Å². The average Bonchev–Trinajstić information content (AvgIpc) is 3.12. The van der Waals surface area contributed by atoms with E-state index in [0.717, 1.165) is 13.1 Å². The summed E-state index contributed by atoms with van der Waals surface area (Å²) in [4.78, 5) is 43.8. The van der Waals surface area contributed by atoms with Crippen molar-refractivity contribution in [1.29, 1.82) is 0 Å². The largest absolute Gasteiger partial charge is 0.504 e. The summed E-state index contributed by atoms with van der Waals surface area (Å²) in [5.41, 5.74) is 1.57. The van der Waals surface area contributed by atoms with Crippen molar-refractivity contribution in [2.75, 3.05) is 53.6 Å². The lowest BCUT2D eigenvalue weighted by Gasteiger charge is -2.32. The number of likely N-dealkylation sites (tertiary alicyclic amines) is 1. The van der Waals surface area contributed by atoms with Crippen LogP contribution in [-0.4, -0.2) is 86.0 Å². The second-order valence-electron chi connectivity index (χ2n) is 8.72. The topological polar surface area (TPSA) is 106 Å². The molecule has 35 heavy (non-hydrogen) atoms. The maximum Gasteiger partial charge on any atom is 0.291 e. The summed E-state index contributed by atoms with van der Waals surface area (Å²) in [5.74, 6) is -2.32. The normalized spacial score (nSPS) is 20.8. The molecule has 2 aromatic rings. The molecule has 2 saturated heterocycles. The zero-order valence-electron chi connectivity index (χ0n) is 20.2. The molecular formula is C26H30N2O7. The fraction of sp³-hybridized carbons (Fsp3) is 0.423. The number of ether oxygens (including phenoxy) is 3. The molecule has 2 atom stereocenters. The van der Waals surface area contributed by atoms with Crippen LogP contribution < -0.4 is 9.47 Å². The highest BCUT2D eigenvalue weighted by atomic mass is 16.5. The third-order valence-corrected chi connectivity index (χ3v) is 6.69. The molecule has 0 aliphatic carbocycles. The lowest BCUT2D eigenvalue weighted by atomic mass is 9.85. The third-order valence-electron chi connectivity index (χ3n) is 6.69. The highest BCUT2D eigenvalue weighted by molar-refractivity contribution is 6.44. The summed E-state index contributed by atoms with van der Waals surface area (Å²) in [7, 11) is 2.96. The number of rotatable bonds is 8. The van der Waals surface area contributed by atoms with Gasteiger partial charge in [-0.25, -0.2) is 0 Å². The van der Waals surface area contributed by atoms with Crippen molar-refractivity contribution in [1.82, 2.24) is 9.80 Å². The predicted molar refractivity (Wildman–Crippen MR) is 127 cm³/mol. The van der Waals surface area contributed by atoms with E-state index in [2.05, 4.69) is 4.90 Å². The lowest BCUT2D eigenvalue weighted by Crippen LogP contribution is -2.42. The maximum absolute atomic E-state index is 13.7. The Labute approximate surface area is 204 Å². The maximum atomic E-state index is 13.7. The van der Waals surface area contributed by atoms with Crippen molar-refractivity contribution in [3.8, 4) is 17.2 Å². The highest BCUT2D eigenvalue weighted by Crippen LogP contribution is 2.41. The number of Topliss-reactive ketones (excluding diaryl/α,β-unsaturated/α-hetero) is 2. The number of ketones is 2. The summed E-state index contributed by atoms with van der Waals surface area (Å²) < 4.78 is 15.9. The number of phenolic OH excluding ortho intramolecular Hbond substituents is 1. The number of morpholine rings is 1. The Morgan fingerprint density at radius 3 is 2.46 bits per heavy atom. The van der Waals surface area contributed by atoms with Crippen LogP contribution in [0.5, 0.6) is 17.2 Å². The van der Waals surface area contributed by atoms with E-state index in [1.54, 1.807) is 37.3 Å². The van der Waals surface area contributed by atoms with Crippen LogP contribution in [0.2, 0.25) is 0 Å². The van der Waals surface area contributed by atoms with Crippen molar-refractivity contribution in [2.45, 2.75) is 13.0 Å². The Morgan fingerprint density at radius 1 is 1.06 bits per heavy atom. The third kappa shape index (κ3) is 4.87. The molecule has 0 bridgehead atoms. The van der Waals surface area contributed by atoms with E-state index in [4.69, 9.17) is 14.2 Å². The minimum absolute atomic E-state index is 0.0688. The zero-order valence-corrected chi connectivity index (χ0v) is 20.2. The van der Waals surface area contributed by atoms with Gasteiger partial charge >= 0.3 is 0 Å². The molecule has 4 rings (SSSR count). The number of carbonyl (C=O) groups is 3. The molecule has 2 unspecified atom stereocenters. The summed E-state index contributed by atoms with van der Waals surface area (Å²) in [5, 5.41) is 10.1. The van der Waals surface area contributed by atoms with E-state index in [9.17, 15) is 19.5 Å². The summed E-state index contributed by atoms with van der Waals surface area (Å²) in [6, 6.07) is 8.84. The van der Waals surface area contributed by atoms with Gasteiger partial charge in [-0.05, 0) is 48.4 Å². The van der Waals surface area contributed by atoms with Crippen LogP contribution in [0.4, 0.5) is 0 Å². The molecule has 0 aromatic heterocycles. The number of nitrogens with zero attached hydrogens (tertiary/aromatic N) is 2. The minimum Gasteiger partial charge on any atom is -0.504 e. The van der Waals surface area contributed by atoms with Crippen LogP contribution in [-0.2, 0) is 14.3 Å². The molecule has 186 valence electrons. The second kappa shape index (κ2) is 10.5. The van der Waals surface area contributed by atoms with Crippen LogP contribution in [0.25, 0.3) is 0 Å². The molecule has 9 nitrogen and oxygen atoms in total. The minimum atomic E-state index is -1.21. The van der Waals surface area contributed by atoms with Crippen molar-refractivity contribution in [3.63, 3.8) is 0 Å². The monoisotopic (exact) mass is 482 g/mol. The van der Waals surface area contributed by atoms with Gasteiger partial charge in [-0.3, -0.25) is 19.3 Å². The SMILES string of the molecule is COc1ccc(C(=O)C2C(=O)C(=O)N(CCN3CCOCC3)C2c2ccc(O)c(OC)c2)c(C)c1. The molecule has 9 heteroatoms. The van der Waals surface area contributed by atoms with E-state index in [0.29, 0.717) is 42.2 Å². The van der Waals surface area contributed by atoms with E-state index >= 15 is 0 Å². The molecule has 1 amide bonds. The smallest absolute Gasteiger partial charge is 0.291 e. The Hall–Kier alpha value is -3.43. The van der Waals surface area contributed by atoms with Crippen LogP contribution in [0, 0.1) is 12.8 Å².